The van der Waals surface area contributed by atoms with Gasteiger partial charge in [-0.2, -0.15) is 0 Å². The van der Waals surface area contributed by atoms with Crippen LogP contribution in [0.25, 0.3) is 0 Å². The smallest absolute Gasteiger partial charge is 0.317 e. The van der Waals surface area contributed by atoms with Gasteiger partial charge in [0.05, 0.1) is 0 Å². The molecule has 0 unspecified atom stereocenters. The molecule has 1 N–H and O–H groups in total. The van der Waals surface area contributed by atoms with E-state index in [-0.39, 0.29) is 18.0 Å². The second-order valence-electron chi connectivity index (χ2n) is 5.38. The van der Waals surface area contributed by atoms with Gasteiger partial charge in [-0.15, -0.1) is 0 Å². The highest BCUT2D eigenvalue weighted by Crippen LogP contribution is 2.13. The first-order valence-corrected chi connectivity index (χ1v) is 7.95. The third kappa shape index (κ3) is 5.02. The zero-order chi connectivity index (χ0) is 15.0. The number of urea groups is 1. The van der Waals surface area contributed by atoms with Gasteiger partial charge in [-0.05, 0) is 33.1 Å². The number of hydrogen-bond acceptors (Lipinski definition) is 2. The van der Waals surface area contributed by atoms with Crippen LogP contribution in [0.4, 0.5) is 4.79 Å². The van der Waals surface area contributed by atoms with Crippen molar-refractivity contribution in [2.24, 2.45) is 0 Å². The molecule has 1 saturated heterocycles. The minimum atomic E-state index is 0.0192. The number of carbonyl (C=O) groups is 2. The summed E-state index contributed by atoms with van der Waals surface area (Å²) >= 11 is 0. The molecule has 1 heterocycles. The molecular formula is C15H29N3O2. The normalized spacial score (nSPS) is 16.1. The summed E-state index contributed by atoms with van der Waals surface area (Å²) in [6.45, 7) is 9.07. The molecule has 0 aromatic carbocycles. The lowest BCUT2D eigenvalue weighted by Crippen LogP contribution is -2.50. The Labute approximate surface area is 122 Å². The summed E-state index contributed by atoms with van der Waals surface area (Å²) in [5.74, 6) is 0.264. The Kier molecular flexibility index (Phi) is 7.41. The van der Waals surface area contributed by atoms with Crippen molar-refractivity contribution in [1.29, 1.82) is 0 Å². The van der Waals surface area contributed by atoms with Crippen molar-refractivity contribution in [3.63, 3.8) is 0 Å². The highest BCUT2D eigenvalue weighted by molar-refractivity contribution is 5.76. The van der Waals surface area contributed by atoms with Crippen LogP contribution >= 0.6 is 0 Å². The zero-order valence-electron chi connectivity index (χ0n) is 13.2. The largest absolute Gasteiger partial charge is 0.343 e. The number of unbranched alkanes of at least 4 members (excludes halogenated alkanes) is 1. The Balaban J connectivity index is 2.31. The van der Waals surface area contributed by atoms with E-state index in [9.17, 15) is 9.59 Å². The average Bonchev–Trinajstić information content (AvgIpc) is 2.46. The fourth-order valence-electron chi connectivity index (χ4n) is 2.54. The SMILES string of the molecule is CCCCC(=O)N1CCC(NC(=O)N(CC)CC)CC1. The van der Waals surface area contributed by atoms with Gasteiger partial charge >= 0.3 is 6.03 Å². The predicted molar refractivity (Wildman–Crippen MR) is 80.6 cm³/mol. The molecule has 1 rings (SSSR count). The number of rotatable bonds is 6. The van der Waals surface area contributed by atoms with E-state index in [0.717, 1.165) is 51.9 Å². The van der Waals surface area contributed by atoms with Crippen LogP contribution in [-0.4, -0.2) is 54.0 Å². The first kappa shape index (κ1) is 16.8. The standard InChI is InChI=1S/C15H29N3O2/c1-4-7-8-14(19)18-11-9-13(10-12-18)16-15(20)17(5-2)6-3/h13H,4-12H2,1-3H3,(H,16,20). The van der Waals surface area contributed by atoms with Gasteiger partial charge < -0.3 is 15.1 Å². The monoisotopic (exact) mass is 283 g/mol. The van der Waals surface area contributed by atoms with Gasteiger partial charge in [-0.3, -0.25) is 4.79 Å². The third-order valence-corrected chi connectivity index (χ3v) is 3.97. The van der Waals surface area contributed by atoms with Gasteiger partial charge in [0, 0.05) is 38.6 Å². The van der Waals surface area contributed by atoms with Crippen LogP contribution in [0.15, 0.2) is 0 Å². The number of piperidine rings is 1. The van der Waals surface area contributed by atoms with Crippen molar-refractivity contribution in [2.45, 2.75) is 58.9 Å². The highest BCUT2D eigenvalue weighted by atomic mass is 16.2. The van der Waals surface area contributed by atoms with Crippen LogP contribution in [0.2, 0.25) is 0 Å². The molecule has 116 valence electrons. The second-order valence-corrected chi connectivity index (χ2v) is 5.38. The van der Waals surface area contributed by atoms with Crippen LogP contribution < -0.4 is 5.32 Å². The highest BCUT2D eigenvalue weighted by Gasteiger charge is 2.24. The summed E-state index contributed by atoms with van der Waals surface area (Å²) in [6, 6.07) is 0.226. The van der Waals surface area contributed by atoms with Gasteiger partial charge in [-0.25, -0.2) is 4.79 Å². The van der Waals surface area contributed by atoms with E-state index in [1.54, 1.807) is 4.90 Å². The quantitative estimate of drug-likeness (QED) is 0.812. The maximum Gasteiger partial charge on any atom is 0.317 e. The van der Waals surface area contributed by atoms with Crippen molar-refractivity contribution in [2.75, 3.05) is 26.2 Å². The van der Waals surface area contributed by atoms with Gasteiger partial charge in [0.15, 0.2) is 0 Å². The molecule has 5 nitrogen and oxygen atoms in total. The zero-order valence-corrected chi connectivity index (χ0v) is 13.2. The molecule has 0 saturated carbocycles. The topological polar surface area (TPSA) is 52.7 Å². The number of hydrogen-bond donors (Lipinski definition) is 1. The summed E-state index contributed by atoms with van der Waals surface area (Å²) in [5.41, 5.74) is 0. The number of carbonyl (C=O) groups excluding carboxylic acids is 2. The molecule has 20 heavy (non-hydrogen) atoms. The maximum absolute atomic E-state index is 12.0. The Bertz CT molecular complexity index is 308. The van der Waals surface area contributed by atoms with Crippen LogP contribution in [0.5, 0.6) is 0 Å². The summed E-state index contributed by atoms with van der Waals surface area (Å²) in [5, 5.41) is 3.07. The first-order valence-electron chi connectivity index (χ1n) is 7.95. The molecule has 0 bridgehead atoms. The van der Waals surface area contributed by atoms with Crippen LogP contribution in [0, 0.1) is 0 Å². The summed E-state index contributed by atoms with van der Waals surface area (Å²) in [4.78, 5) is 27.6. The second kappa shape index (κ2) is 8.82. The first-order chi connectivity index (χ1) is 9.62. The minimum Gasteiger partial charge on any atom is -0.343 e. The van der Waals surface area contributed by atoms with Crippen molar-refractivity contribution in [3.05, 3.63) is 0 Å². The van der Waals surface area contributed by atoms with Gasteiger partial charge in [0.1, 0.15) is 0 Å². The van der Waals surface area contributed by atoms with Crippen molar-refractivity contribution in [1.82, 2.24) is 15.1 Å². The fourth-order valence-corrected chi connectivity index (χ4v) is 2.54. The van der Waals surface area contributed by atoms with E-state index in [2.05, 4.69) is 12.2 Å². The van der Waals surface area contributed by atoms with Crippen LogP contribution in [-0.2, 0) is 4.79 Å². The molecule has 0 radical (unpaired) electrons. The van der Waals surface area contributed by atoms with Gasteiger partial charge in [0.2, 0.25) is 5.91 Å². The molecule has 0 spiro atoms. The Morgan fingerprint density at radius 3 is 2.25 bits per heavy atom. The summed E-state index contributed by atoms with van der Waals surface area (Å²) in [7, 11) is 0. The molecule has 3 amide bonds. The van der Waals surface area contributed by atoms with Crippen molar-refractivity contribution < 1.29 is 9.59 Å². The Hall–Kier alpha value is -1.26. The van der Waals surface area contributed by atoms with E-state index in [0.29, 0.717) is 6.42 Å². The van der Waals surface area contributed by atoms with E-state index < -0.39 is 0 Å². The van der Waals surface area contributed by atoms with Gasteiger partial charge in [-0.1, -0.05) is 13.3 Å². The molecular weight excluding hydrogens is 254 g/mol. The molecule has 5 heteroatoms. The van der Waals surface area contributed by atoms with E-state index >= 15 is 0 Å². The lowest BCUT2D eigenvalue weighted by Gasteiger charge is -2.33. The van der Waals surface area contributed by atoms with E-state index in [1.165, 1.54) is 0 Å². The minimum absolute atomic E-state index is 0.0192. The molecule has 0 aromatic rings. The van der Waals surface area contributed by atoms with Crippen molar-refractivity contribution in [3.8, 4) is 0 Å². The lowest BCUT2D eigenvalue weighted by molar-refractivity contribution is -0.132. The predicted octanol–water partition coefficient (Wildman–Crippen LogP) is 2.22. The Morgan fingerprint density at radius 2 is 1.75 bits per heavy atom. The molecule has 0 aromatic heterocycles. The maximum atomic E-state index is 12.0. The molecule has 1 fully saturated rings. The third-order valence-electron chi connectivity index (χ3n) is 3.97. The number of nitrogens with one attached hydrogen (secondary N) is 1. The molecule has 0 atom stereocenters. The van der Waals surface area contributed by atoms with Gasteiger partial charge in [0.25, 0.3) is 0 Å². The molecule has 1 aliphatic rings. The lowest BCUT2D eigenvalue weighted by atomic mass is 10.0. The Morgan fingerprint density at radius 1 is 1.15 bits per heavy atom. The molecule has 1 aliphatic heterocycles. The number of nitrogens with zero attached hydrogens (tertiary/aromatic N) is 2. The summed E-state index contributed by atoms with van der Waals surface area (Å²) < 4.78 is 0. The van der Waals surface area contributed by atoms with Crippen LogP contribution in [0.1, 0.15) is 52.9 Å². The molecule has 0 aliphatic carbocycles. The number of amides is 3. The van der Waals surface area contributed by atoms with Crippen molar-refractivity contribution >= 4 is 11.9 Å². The van der Waals surface area contributed by atoms with E-state index in [4.69, 9.17) is 0 Å². The average molecular weight is 283 g/mol. The summed E-state index contributed by atoms with van der Waals surface area (Å²) in [6.07, 6.45) is 4.42. The fraction of sp³-hybridized carbons (Fsp3) is 0.867. The number of likely N-dealkylation sites (tertiary alicyclic amines) is 1. The van der Waals surface area contributed by atoms with Crippen LogP contribution in [0.3, 0.4) is 0 Å². The van der Waals surface area contributed by atoms with E-state index in [1.807, 2.05) is 18.7 Å².